The predicted octanol–water partition coefficient (Wildman–Crippen LogP) is 3.96. The summed E-state index contributed by atoms with van der Waals surface area (Å²) in [6.45, 7) is 3.14. The number of rotatable bonds is 5. The Kier molecular flexibility index (Phi) is 5.90. The molecule has 0 amide bonds. The molecule has 30 heavy (non-hydrogen) atoms. The predicted molar refractivity (Wildman–Crippen MR) is 111 cm³/mol. The maximum atomic E-state index is 13.5. The van der Waals surface area contributed by atoms with Crippen LogP contribution in [0, 0.1) is 0 Å². The van der Waals surface area contributed by atoms with E-state index in [1.165, 1.54) is 18.0 Å². The van der Waals surface area contributed by atoms with Gasteiger partial charge in [-0.1, -0.05) is 11.8 Å². The Morgan fingerprint density at radius 3 is 2.70 bits per heavy atom. The van der Waals surface area contributed by atoms with Gasteiger partial charge in [-0.15, -0.1) is 0 Å². The summed E-state index contributed by atoms with van der Waals surface area (Å²) in [5.74, 6) is 0.527. The number of anilines is 3. The molecule has 4 N–H and O–H groups in total. The van der Waals surface area contributed by atoms with E-state index in [4.69, 9.17) is 5.73 Å². The van der Waals surface area contributed by atoms with Crippen molar-refractivity contribution < 1.29 is 18.0 Å². The summed E-state index contributed by atoms with van der Waals surface area (Å²) in [4.78, 5) is 18.6. The van der Waals surface area contributed by atoms with E-state index >= 15 is 0 Å². The molecule has 10 heteroatoms. The van der Waals surface area contributed by atoms with Gasteiger partial charge in [0.25, 0.3) is 0 Å². The molecule has 1 aromatic heterocycles. The van der Waals surface area contributed by atoms with Crippen molar-refractivity contribution in [2.45, 2.75) is 34.9 Å². The molecule has 2 aliphatic heterocycles. The lowest BCUT2D eigenvalue weighted by Gasteiger charge is -2.33. The molecule has 0 atom stereocenters. The summed E-state index contributed by atoms with van der Waals surface area (Å²) in [6.07, 6.45) is -0.695. The van der Waals surface area contributed by atoms with Crippen LogP contribution in [-0.4, -0.2) is 48.4 Å². The van der Waals surface area contributed by atoms with Gasteiger partial charge < -0.3 is 21.3 Å². The maximum absolute atomic E-state index is 13.5. The third-order valence-electron chi connectivity index (χ3n) is 5.30. The summed E-state index contributed by atoms with van der Waals surface area (Å²) < 4.78 is 40.6. The smallest absolute Gasteiger partial charge is 0.380 e. The number of benzene rings is 1. The number of piperidine rings is 1. The third-order valence-corrected chi connectivity index (χ3v) is 6.37. The lowest BCUT2D eigenvalue weighted by atomic mass is 10.0. The molecule has 1 fully saturated rings. The number of halogens is 3. The minimum atomic E-state index is -4.46. The van der Waals surface area contributed by atoms with Gasteiger partial charge in [-0.05, 0) is 31.0 Å². The van der Waals surface area contributed by atoms with Gasteiger partial charge in [0.05, 0.1) is 21.8 Å². The van der Waals surface area contributed by atoms with Crippen molar-refractivity contribution in [3.05, 3.63) is 35.5 Å². The highest BCUT2D eigenvalue weighted by Crippen LogP contribution is 2.49. The number of carbonyl (C=O) groups is 1. The van der Waals surface area contributed by atoms with Crippen molar-refractivity contribution in [1.29, 1.82) is 0 Å². The number of aromatic nitrogens is 1. The van der Waals surface area contributed by atoms with Gasteiger partial charge in [0.1, 0.15) is 5.82 Å². The van der Waals surface area contributed by atoms with Crippen LogP contribution in [0.1, 0.15) is 28.8 Å². The van der Waals surface area contributed by atoms with Gasteiger partial charge >= 0.3 is 6.18 Å². The van der Waals surface area contributed by atoms with E-state index in [0.717, 1.165) is 44.6 Å². The van der Waals surface area contributed by atoms with Crippen LogP contribution in [-0.2, 0) is 6.18 Å². The quantitative estimate of drug-likeness (QED) is 0.521. The monoisotopic (exact) mass is 437 g/mol. The van der Waals surface area contributed by atoms with Crippen LogP contribution in [0.5, 0.6) is 0 Å². The first-order valence-electron chi connectivity index (χ1n) is 9.71. The number of pyridine rings is 1. The van der Waals surface area contributed by atoms with Crippen LogP contribution in [0.4, 0.5) is 30.4 Å². The van der Waals surface area contributed by atoms with Gasteiger partial charge in [0.2, 0.25) is 0 Å². The van der Waals surface area contributed by atoms with Crippen molar-refractivity contribution in [1.82, 2.24) is 9.88 Å². The van der Waals surface area contributed by atoms with Crippen molar-refractivity contribution >= 4 is 35.2 Å². The number of fused-ring (bicyclic) bond motifs is 2. The molecule has 0 unspecified atom stereocenters. The van der Waals surface area contributed by atoms with Crippen molar-refractivity contribution in [3.63, 3.8) is 0 Å². The SMILES string of the molecule is NCCN1CCC(Nc2cc(C(F)(F)F)cc3c2Nc2ncc(C=O)cc2S3)CC1. The average Bonchev–Trinajstić information content (AvgIpc) is 2.72. The largest absolute Gasteiger partial charge is 0.416 e. The number of aldehydes is 1. The molecule has 2 aromatic rings. The van der Waals surface area contributed by atoms with Crippen LogP contribution in [0.2, 0.25) is 0 Å². The minimum Gasteiger partial charge on any atom is -0.380 e. The van der Waals surface area contributed by atoms with Gasteiger partial charge in [-0.25, -0.2) is 4.98 Å². The van der Waals surface area contributed by atoms with E-state index < -0.39 is 11.7 Å². The van der Waals surface area contributed by atoms with Gasteiger partial charge in [0, 0.05) is 48.9 Å². The molecular weight excluding hydrogens is 415 g/mol. The maximum Gasteiger partial charge on any atom is 0.416 e. The van der Waals surface area contributed by atoms with Crippen molar-refractivity contribution in [3.8, 4) is 0 Å². The summed E-state index contributed by atoms with van der Waals surface area (Å²) in [5, 5.41) is 6.47. The molecule has 6 nitrogen and oxygen atoms in total. The molecule has 0 radical (unpaired) electrons. The molecule has 3 heterocycles. The molecule has 1 aromatic carbocycles. The van der Waals surface area contributed by atoms with E-state index in [-0.39, 0.29) is 6.04 Å². The van der Waals surface area contributed by atoms with Crippen molar-refractivity contribution in [2.24, 2.45) is 5.73 Å². The van der Waals surface area contributed by atoms with E-state index in [9.17, 15) is 18.0 Å². The Balaban J connectivity index is 1.63. The summed E-state index contributed by atoms with van der Waals surface area (Å²) in [5.41, 5.74) is 6.27. The first kappa shape index (κ1) is 21.0. The summed E-state index contributed by atoms with van der Waals surface area (Å²) in [7, 11) is 0. The van der Waals surface area contributed by atoms with Crippen LogP contribution in [0.25, 0.3) is 0 Å². The highest BCUT2D eigenvalue weighted by molar-refractivity contribution is 7.99. The Morgan fingerprint density at radius 2 is 2.03 bits per heavy atom. The highest BCUT2D eigenvalue weighted by atomic mass is 32.2. The number of nitrogens with two attached hydrogens (primary N) is 1. The number of nitrogens with zero attached hydrogens (tertiary/aromatic N) is 2. The lowest BCUT2D eigenvalue weighted by molar-refractivity contribution is -0.137. The Labute approximate surface area is 176 Å². The van der Waals surface area contributed by atoms with E-state index in [1.807, 2.05) is 0 Å². The third kappa shape index (κ3) is 4.40. The van der Waals surface area contributed by atoms with Crippen LogP contribution < -0.4 is 16.4 Å². The normalized spacial score (nSPS) is 17.1. The fourth-order valence-electron chi connectivity index (χ4n) is 3.74. The molecular formula is C20H22F3N5OS. The highest BCUT2D eigenvalue weighted by Gasteiger charge is 2.34. The number of alkyl halides is 3. The topological polar surface area (TPSA) is 83.3 Å². The Hall–Kier alpha value is -2.30. The van der Waals surface area contributed by atoms with E-state index in [2.05, 4.69) is 20.5 Å². The van der Waals surface area contributed by atoms with E-state index in [0.29, 0.717) is 45.4 Å². The zero-order valence-corrected chi connectivity index (χ0v) is 16.9. The molecule has 0 bridgehead atoms. The number of nitrogens with one attached hydrogen (secondary N) is 2. The molecule has 4 rings (SSSR count). The molecule has 160 valence electrons. The van der Waals surface area contributed by atoms with Gasteiger partial charge in [-0.2, -0.15) is 13.2 Å². The molecule has 1 saturated heterocycles. The number of hydrogen-bond donors (Lipinski definition) is 3. The van der Waals surface area contributed by atoms with E-state index in [1.54, 1.807) is 6.07 Å². The number of likely N-dealkylation sites (tertiary alicyclic amines) is 1. The number of hydrogen-bond acceptors (Lipinski definition) is 7. The fourth-order valence-corrected chi connectivity index (χ4v) is 4.82. The first-order chi connectivity index (χ1) is 14.4. The van der Waals surface area contributed by atoms with Crippen molar-refractivity contribution in [2.75, 3.05) is 36.8 Å². The molecule has 0 spiro atoms. The second kappa shape index (κ2) is 8.44. The molecule has 2 aliphatic rings. The standard InChI is InChI=1S/C20H22F3N5OS/c21-20(22,23)13-8-15(26-14-1-4-28(5-2-14)6-3-24)18-16(9-13)30-17-7-12(11-29)10-25-19(17)27-18/h7-11,14,26H,1-6,24H2,(H,25,27). The van der Waals surface area contributed by atoms with Crippen LogP contribution >= 0.6 is 11.8 Å². The summed E-state index contributed by atoms with van der Waals surface area (Å²) >= 11 is 1.18. The number of carbonyl (C=O) groups excluding carboxylic acids is 1. The van der Waals surface area contributed by atoms with Crippen LogP contribution in [0.15, 0.2) is 34.2 Å². The minimum absolute atomic E-state index is 0.0743. The lowest BCUT2D eigenvalue weighted by Crippen LogP contribution is -2.41. The molecule has 0 saturated carbocycles. The second-order valence-corrected chi connectivity index (χ2v) is 8.49. The Bertz CT molecular complexity index is 945. The fraction of sp³-hybridized carbons (Fsp3) is 0.400. The first-order valence-corrected chi connectivity index (χ1v) is 10.5. The average molecular weight is 437 g/mol. The summed E-state index contributed by atoms with van der Waals surface area (Å²) in [6, 6.07) is 3.99. The zero-order chi connectivity index (χ0) is 21.3. The van der Waals surface area contributed by atoms with Crippen LogP contribution in [0.3, 0.4) is 0 Å². The molecule has 0 aliphatic carbocycles. The van der Waals surface area contributed by atoms with Gasteiger partial charge in [0.15, 0.2) is 6.29 Å². The zero-order valence-electron chi connectivity index (χ0n) is 16.1. The van der Waals surface area contributed by atoms with Gasteiger partial charge in [-0.3, -0.25) is 4.79 Å². The Morgan fingerprint density at radius 1 is 1.27 bits per heavy atom. The second-order valence-electron chi connectivity index (χ2n) is 7.40.